The fraction of sp³-hybridized carbons (Fsp3) is 0.300. The number of benzene rings is 1. The normalized spacial score (nSPS) is 12.9. The van der Waals surface area contributed by atoms with Gasteiger partial charge in [0.25, 0.3) is 5.69 Å². The minimum Gasteiger partial charge on any atom is -0.258 e. The summed E-state index contributed by atoms with van der Waals surface area (Å²) in [6.45, 7) is 1.82. The Hall–Kier alpha value is -1.20. The molecule has 0 spiro atoms. The molecule has 0 aliphatic heterocycles. The van der Waals surface area contributed by atoms with Gasteiger partial charge in [0, 0.05) is 10.9 Å². The first-order valence-electron chi connectivity index (χ1n) is 4.73. The second-order valence-corrected chi connectivity index (χ2v) is 5.15. The topological polar surface area (TPSA) is 56.0 Å². The monoisotopic (exact) mass is 256 g/mol. The molecule has 0 amide bonds. The first-order valence-corrected chi connectivity index (χ1v) is 6.04. The van der Waals surface area contributed by atoms with Gasteiger partial charge >= 0.3 is 0 Å². The van der Waals surface area contributed by atoms with Crippen molar-refractivity contribution in [2.45, 2.75) is 18.7 Å². The molecule has 0 aliphatic carbocycles. The van der Waals surface area contributed by atoms with Crippen LogP contribution >= 0.6 is 22.9 Å². The Morgan fingerprint density at radius 2 is 2.38 bits per heavy atom. The number of nitro groups is 1. The quantitative estimate of drug-likeness (QED) is 0.481. The van der Waals surface area contributed by atoms with Gasteiger partial charge in [-0.1, -0.05) is 6.07 Å². The standard InChI is InChI=1S/C10H9ClN2O2S/c1-6(11)4-7-2-3-8-9(12-5-16-8)10(7)13(14)15/h2-3,5-6H,4H2,1H3. The zero-order valence-electron chi connectivity index (χ0n) is 8.51. The third-order valence-electron chi connectivity index (χ3n) is 2.24. The number of nitrogens with zero attached hydrogens (tertiary/aromatic N) is 2. The molecule has 0 aliphatic rings. The van der Waals surface area contributed by atoms with Gasteiger partial charge in [0.1, 0.15) is 0 Å². The van der Waals surface area contributed by atoms with Crippen molar-refractivity contribution in [2.24, 2.45) is 0 Å². The van der Waals surface area contributed by atoms with Crippen molar-refractivity contribution in [1.29, 1.82) is 0 Å². The maximum absolute atomic E-state index is 11.0. The highest BCUT2D eigenvalue weighted by Gasteiger charge is 2.21. The number of hydrogen-bond donors (Lipinski definition) is 0. The number of nitro benzene ring substituents is 1. The molecule has 0 bridgehead atoms. The van der Waals surface area contributed by atoms with Gasteiger partial charge in [-0.25, -0.2) is 4.98 Å². The molecule has 16 heavy (non-hydrogen) atoms. The maximum Gasteiger partial charge on any atom is 0.299 e. The van der Waals surface area contributed by atoms with Crippen LogP contribution in [0, 0.1) is 10.1 Å². The van der Waals surface area contributed by atoms with E-state index in [1.54, 1.807) is 11.6 Å². The van der Waals surface area contributed by atoms with Gasteiger partial charge in [-0.2, -0.15) is 0 Å². The number of hydrogen-bond acceptors (Lipinski definition) is 4. The van der Waals surface area contributed by atoms with E-state index in [0.29, 0.717) is 17.5 Å². The lowest BCUT2D eigenvalue weighted by Gasteiger charge is -2.04. The summed E-state index contributed by atoms with van der Waals surface area (Å²) in [5.41, 5.74) is 2.81. The molecule has 2 aromatic rings. The summed E-state index contributed by atoms with van der Waals surface area (Å²) in [6.07, 6.45) is 0.478. The Morgan fingerprint density at radius 1 is 1.62 bits per heavy atom. The highest BCUT2D eigenvalue weighted by Crippen LogP contribution is 2.31. The fourth-order valence-corrected chi connectivity index (χ4v) is 2.48. The summed E-state index contributed by atoms with van der Waals surface area (Å²) in [4.78, 5) is 14.7. The second kappa shape index (κ2) is 4.35. The summed E-state index contributed by atoms with van der Waals surface area (Å²) in [5, 5.41) is 10.9. The van der Waals surface area contributed by atoms with E-state index in [9.17, 15) is 10.1 Å². The van der Waals surface area contributed by atoms with Crippen LogP contribution in [0.25, 0.3) is 10.2 Å². The van der Waals surface area contributed by atoms with Crippen molar-refractivity contribution < 1.29 is 4.92 Å². The highest BCUT2D eigenvalue weighted by atomic mass is 35.5. The molecule has 2 rings (SSSR count). The molecular weight excluding hydrogens is 248 g/mol. The molecule has 6 heteroatoms. The molecule has 1 atom stereocenters. The number of alkyl halides is 1. The molecule has 0 N–H and O–H groups in total. The van der Waals surface area contributed by atoms with E-state index in [1.807, 2.05) is 13.0 Å². The molecule has 1 aromatic carbocycles. The number of rotatable bonds is 3. The van der Waals surface area contributed by atoms with Crippen LogP contribution in [0.4, 0.5) is 5.69 Å². The number of halogens is 1. The van der Waals surface area contributed by atoms with E-state index in [1.165, 1.54) is 11.3 Å². The predicted molar refractivity (Wildman–Crippen MR) is 65.3 cm³/mol. The number of aromatic nitrogens is 1. The summed E-state index contributed by atoms with van der Waals surface area (Å²) >= 11 is 7.27. The number of thiazole rings is 1. The SMILES string of the molecule is CC(Cl)Cc1ccc2scnc2c1[N+](=O)[O-]. The van der Waals surface area contributed by atoms with Crippen LogP contribution < -0.4 is 0 Å². The van der Waals surface area contributed by atoms with Crippen molar-refractivity contribution in [1.82, 2.24) is 4.98 Å². The molecule has 4 nitrogen and oxygen atoms in total. The lowest BCUT2D eigenvalue weighted by Crippen LogP contribution is -2.02. The van der Waals surface area contributed by atoms with Crippen LogP contribution in [0.2, 0.25) is 0 Å². The summed E-state index contributed by atoms with van der Waals surface area (Å²) in [5.74, 6) is 0. The van der Waals surface area contributed by atoms with Crippen LogP contribution in [0.15, 0.2) is 17.6 Å². The van der Waals surface area contributed by atoms with E-state index in [4.69, 9.17) is 11.6 Å². The third-order valence-corrected chi connectivity index (χ3v) is 3.19. The van der Waals surface area contributed by atoms with Gasteiger partial charge in [-0.05, 0) is 19.4 Å². The molecular formula is C10H9ClN2O2S. The molecule has 1 heterocycles. The predicted octanol–water partition coefficient (Wildman–Crippen LogP) is 3.37. The Labute approximate surface area is 101 Å². The van der Waals surface area contributed by atoms with Crippen LogP contribution in [0.5, 0.6) is 0 Å². The van der Waals surface area contributed by atoms with Crippen molar-refractivity contribution in [3.05, 3.63) is 33.3 Å². The summed E-state index contributed by atoms with van der Waals surface area (Å²) in [6, 6.07) is 3.62. The fourth-order valence-electron chi connectivity index (χ4n) is 1.63. The zero-order valence-corrected chi connectivity index (χ0v) is 10.1. The van der Waals surface area contributed by atoms with Crippen molar-refractivity contribution >= 4 is 38.8 Å². The van der Waals surface area contributed by atoms with Crippen LogP contribution in [0.1, 0.15) is 12.5 Å². The lowest BCUT2D eigenvalue weighted by atomic mass is 10.1. The van der Waals surface area contributed by atoms with Gasteiger partial charge in [-0.3, -0.25) is 10.1 Å². The molecule has 0 fully saturated rings. The molecule has 0 saturated heterocycles. The smallest absolute Gasteiger partial charge is 0.258 e. The van der Waals surface area contributed by atoms with E-state index in [0.717, 1.165) is 4.70 Å². The first kappa shape index (κ1) is 11.3. The Kier molecular flexibility index (Phi) is 3.07. The summed E-state index contributed by atoms with van der Waals surface area (Å²) in [7, 11) is 0. The van der Waals surface area contributed by atoms with E-state index < -0.39 is 0 Å². The van der Waals surface area contributed by atoms with Crippen molar-refractivity contribution in [3.8, 4) is 0 Å². The first-order chi connectivity index (χ1) is 7.59. The minimum absolute atomic E-state index is 0.0891. The van der Waals surface area contributed by atoms with E-state index >= 15 is 0 Å². The van der Waals surface area contributed by atoms with E-state index in [-0.39, 0.29) is 16.0 Å². The summed E-state index contributed by atoms with van der Waals surface area (Å²) < 4.78 is 0.831. The van der Waals surface area contributed by atoms with Gasteiger partial charge in [0.15, 0.2) is 5.52 Å². The zero-order chi connectivity index (χ0) is 11.7. The largest absolute Gasteiger partial charge is 0.299 e. The van der Waals surface area contributed by atoms with Crippen LogP contribution in [-0.4, -0.2) is 15.3 Å². The Bertz CT molecular complexity index is 539. The highest BCUT2D eigenvalue weighted by molar-refractivity contribution is 7.16. The van der Waals surface area contributed by atoms with Crippen LogP contribution in [0.3, 0.4) is 0 Å². The molecule has 0 saturated carbocycles. The maximum atomic E-state index is 11.0. The average Bonchev–Trinajstić information content (AvgIpc) is 2.63. The van der Waals surface area contributed by atoms with Gasteiger partial charge in [-0.15, -0.1) is 22.9 Å². The molecule has 1 aromatic heterocycles. The number of fused-ring (bicyclic) bond motifs is 1. The average molecular weight is 257 g/mol. The molecule has 0 radical (unpaired) electrons. The molecule has 84 valence electrons. The van der Waals surface area contributed by atoms with Gasteiger partial charge < -0.3 is 0 Å². The second-order valence-electron chi connectivity index (χ2n) is 3.51. The van der Waals surface area contributed by atoms with Gasteiger partial charge in [0.05, 0.1) is 15.1 Å². The Balaban J connectivity index is 2.63. The lowest BCUT2D eigenvalue weighted by molar-refractivity contribution is -0.383. The minimum atomic E-state index is -0.378. The van der Waals surface area contributed by atoms with Crippen molar-refractivity contribution in [3.63, 3.8) is 0 Å². The van der Waals surface area contributed by atoms with E-state index in [2.05, 4.69) is 4.98 Å². The molecule has 1 unspecified atom stereocenters. The van der Waals surface area contributed by atoms with Crippen LogP contribution in [-0.2, 0) is 6.42 Å². The van der Waals surface area contributed by atoms with Gasteiger partial charge in [0.2, 0.25) is 0 Å². The third kappa shape index (κ3) is 2.01. The van der Waals surface area contributed by atoms with Crippen molar-refractivity contribution in [2.75, 3.05) is 0 Å². The Morgan fingerprint density at radius 3 is 3.00 bits per heavy atom.